The monoisotopic (exact) mass is 452 g/mol. The first-order chi connectivity index (χ1) is 16.6. The first-order valence-corrected chi connectivity index (χ1v) is 11.4. The molecule has 34 heavy (non-hydrogen) atoms. The highest BCUT2D eigenvalue weighted by Gasteiger charge is 2.21. The van der Waals surface area contributed by atoms with Crippen molar-refractivity contribution in [2.45, 2.75) is 32.2 Å². The highest BCUT2D eigenvalue weighted by molar-refractivity contribution is 6.12. The zero-order valence-electron chi connectivity index (χ0n) is 18.6. The molecule has 1 aromatic carbocycles. The van der Waals surface area contributed by atoms with Crippen LogP contribution in [0.25, 0.3) is 11.0 Å². The summed E-state index contributed by atoms with van der Waals surface area (Å²) in [6, 6.07) is 14.8. The Hall–Kier alpha value is -4.13. The van der Waals surface area contributed by atoms with Crippen LogP contribution in [-0.4, -0.2) is 43.2 Å². The van der Waals surface area contributed by atoms with Crippen molar-refractivity contribution in [3.8, 4) is 5.75 Å². The van der Waals surface area contributed by atoms with E-state index in [9.17, 15) is 14.7 Å². The van der Waals surface area contributed by atoms with Gasteiger partial charge in [-0.25, -0.2) is 0 Å². The van der Waals surface area contributed by atoms with Gasteiger partial charge in [0.05, 0.1) is 11.1 Å². The highest BCUT2D eigenvalue weighted by atomic mass is 16.3. The molecule has 4 aromatic rings. The molecule has 1 aliphatic heterocycles. The molecule has 0 bridgehead atoms. The maximum Gasteiger partial charge on any atom is 0.222 e. The van der Waals surface area contributed by atoms with E-state index in [4.69, 9.17) is 0 Å². The van der Waals surface area contributed by atoms with Crippen molar-refractivity contribution >= 4 is 22.7 Å². The number of rotatable bonds is 6. The molecule has 1 saturated heterocycles. The SMILES string of the molecule is O=C(c1cc(Cc2ccccn2)cc(CN2CCCCC2=O)c1)c1cnc2cccnc2c1O. The molecular weight excluding hydrogens is 428 g/mol. The van der Waals surface area contributed by atoms with Crippen LogP contribution in [0.3, 0.4) is 0 Å². The minimum Gasteiger partial charge on any atom is -0.505 e. The number of piperidine rings is 1. The van der Waals surface area contributed by atoms with Crippen molar-refractivity contribution in [1.82, 2.24) is 19.9 Å². The molecule has 3 aromatic heterocycles. The normalized spacial score (nSPS) is 13.9. The van der Waals surface area contributed by atoms with E-state index < -0.39 is 0 Å². The fourth-order valence-electron chi connectivity index (χ4n) is 4.38. The second-order valence-electron chi connectivity index (χ2n) is 8.53. The summed E-state index contributed by atoms with van der Waals surface area (Å²) in [4.78, 5) is 40.6. The smallest absolute Gasteiger partial charge is 0.222 e. The van der Waals surface area contributed by atoms with Crippen molar-refractivity contribution in [3.05, 3.63) is 95.1 Å². The summed E-state index contributed by atoms with van der Waals surface area (Å²) in [5.41, 5.74) is 4.00. The number of fused-ring (bicyclic) bond motifs is 1. The van der Waals surface area contributed by atoms with Crippen LogP contribution in [0.5, 0.6) is 5.75 Å². The van der Waals surface area contributed by atoms with Crippen LogP contribution in [0.2, 0.25) is 0 Å². The number of hydrogen-bond acceptors (Lipinski definition) is 6. The summed E-state index contributed by atoms with van der Waals surface area (Å²) < 4.78 is 0. The summed E-state index contributed by atoms with van der Waals surface area (Å²) in [5, 5.41) is 10.8. The van der Waals surface area contributed by atoms with Gasteiger partial charge in [-0.3, -0.25) is 24.5 Å². The van der Waals surface area contributed by atoms with E-state index in [1.807, 2.05) is 35.2 Å². The second kappa shape index (κ2) is 9.39. The summed E-state index contributed by atoms with van der Waals surface area (Å²) in [6.07, 6.45) is 7.69. The Kier molecular flexibility index (Phi) is 5.99. The third kappa shape index (κ3) is 4.50. The standard InChI is InChI=1S/C27H24N4O3/c32-24-8-2-4-11-31(24)17-19-12-18(15-21-6-1-3-9-28-21)13-20(14-19)26(33)22-16-30-23-7-5-10-29-25(23)27(22)34/h1,3,5-7,9-10,12-14,16H,2,4,8,11,15,17H2,(H,30,34). The van der Waals surface area contributed by atoms with E-state index >= 15 is 0 Å². The molecule has 7 heteroatoms. The molecule has 7 nitrogen and oxygen atoms in total. The third-order valence-electron chi connectivity index (χ3n) is 6.06. The van der Waals surface area contributed by atoms with Gasteiger partial charge >= 0.3 is 0 Å². The van der Waals surface area contributed by atoms with E-state index in [0.29, 0.717) is 37.0 Å². The van der Waals surface area contributed by atoms with E-state index in [1.165, 1.54) is 6.20 Å². The Bertz CT molecular complexity index is 1370. The number of hydrogen-bond donors (Lipinski definition) is 1. The van der Waals surface area contributed by atoms with E-state index in [0.717, 1.165) is 29.7 Å². The lowest BCUT2D eigenvalue weighted by molar-refractivity contribution is -0.133. The number of ketones is 1. The summed E-state index contributed by atoms with van der Waals surface area (Å²) in [7, 11) is 0. The van der Waals surface area contributed by atoms with Gasteiger partial charge in [0.1, 0.15) is 5.52 Å². The number of nitrogens with zero attached hydrogens (tertiary/aromatic N) is 4. The lowest BCUT2D eigenvalue weighted by Crippen LogP contribution is -2.34. The van der Waals surface area contributed by atoms with Crippen LogP contribution in [0.15, 0.2) is 67.1 Å². The van der Waals surface area contributed by atoms with Crippen molar-refractivity contribution in [2.75, 3.05) is 6.54 Å². The first kappa shape index (κ1) is 21.7. The summed E-state index contributed by atoms with van der Waals surface area (Å²) in [6.45, 7) is 1.16. The number of aromatic nitrogens is 3. The maximum atomic E-state index is 13.5. The molecule has 1 fully saturated rings. The largest absolute Gasteiger partial charge is 0.505 e. The molecule has 1 aliphatic rings. The summed E-state index contributed by atoms with van der Waals surface area (Å²) >= 11 is 0. The minimum absolute atomic E-state index is 0.0983. The fraction of sp³-hybridized carbons (Fsp3) is 0.222. The average Bonchev–Trinajstić information content (AvgIpc) is 2.86. The fourth-order valence-corrected chi connectivity index (χ4v) is 4.38. The Morgan fingerprint density at radius 2 is 1.82 bits per heavy atom. The van der Waals surface area contributed by atoms with Gasteiger partial charge in [-0.2, -0.15) is 0 Å². The number of carbonyl (C=O) groups is 2. The quantitative estimate of drug-likeness (QED) is 0.443. The molecule has 0 saturated carbocycles. The van der Waals surface area contributed by atoms with Crippen molar-refractivity contribution < 1.29 is 14.7 Å². The van der Waals surface area contributed by atoms with Gasteiger partial charge in [-0.1, -0.05) is 12.1 Å². The van der Waals surface area contributed by atoms with Crippen molar-refractivity contribution in [3.63, 3.8) is 0 Å². The van der Waals surface area contributed by atoms with Gasteiger partial charge < -0.3 is 10.0 Å². The zero-order valence-corrected chi connectivity index (χ0v) is 18.6. The van der Waals surface area contributed by atoms with Gasteiger partial charge in [0.2, 0.25) is 5.91 Å². The molecule has 0 atom stereocenters. The van der Waals surface area contributed by atoms with Gasteiger partial charge in [0.25, 0.3) is 0 Å². The van der Waals surface area contributed by atoms with E-state index in [1.54, 1.807) is 30.6 Å². The number of benzene rings is 1. The van der Waals surface area contributed by atoms with Crippen LogP contribution >= 0.6 is 0 Å². The highest BCUT2D eigenvalue weighted by Crippen LogP contribution is 2.28. The molecule has 170 valence electrons. The number of aromatic hydroxyl groups is 1. The van der Waals surface area contributed by atoms with Gasteiger partial charge in [-0.05, 0) is 60.4 Å². The van der Waals surface area contributed by atoms with E-state index in [2.05, 4.69) is 15.0 Å². The molecule has 0 spiro atoms. The first-order valence-electron chi connectivity index (χ1n) is 11.4. The Morgan fingerprint density at radius 1 is 0.971 bits per heavy atom. The molecular formula is C27H24N4O3. The Morgan fingerprint density at radius 3 is 2.65 bits per heavy atom. The molecule has 1 N–H and O–H groups in total. The predicted molar refractivity (Wildman–Crippen MR) is 127 cm³/mol. The lowest BCUT2D eigenvalue weighted by atomic mass is 9.96. The third-order valence-corrected chi connectivity index (χ3v) is 6.06. The Labute approximate surface area is 197 Å². The molecule has 4 heterocycles. The molecule has 5 rings (SSSR count). The van der Waals surface area contributed by atoms with Crippen LogP contribution in [0.4, 0.5) is 0 Å². The number of amides is 1. The van der Waals surface area contributed by atoms with Gasteiger partial charge in [0, 0.05) is 55.8 Å². The van der Waals surface area contributed by atoms with Crippen LogP contribution in [0, 0.1) is 0 Å². The zero-order chi connectivity index (χ0) is 23.5. The molecule has 0 radical (unpaired) electrons. The molecule has 0 aliphatic carbocycles. The van der Waals surface area contributed by atoms with Gasteiger partial charge in [-0.15, -0.1) is 0 Å². The molecule has 0 unspecified atom stereocenters. The van der Waals surface area contributed by atoms with E-state index in [-0.39, 0.29) is 28.5 Å². The van der Waals surface area contributed by atoms with Crippen LogP contribution in [0.1, 0.15) is 52.0 Å². The minimum atomic E-state index is -0.341. The topological polar surface area (TPSA) is 96.3 Å². The predicted octanol–water partition coefficient (Wildman–Crippen LogP) is 4.06. The second-order valence-corrected chi connectivity index (χ2v) is 8.53. The number of likely N-dealkylation sites (tertiary alicyclic amines) is 1. The molecule has 1 amide bonds. The Balaban J connectivity index is 1.53. The number of pyridine rings is 3. The van der Waals surface area contributed by atoms with Crippen LogP contribution < -0.4 is 0 Å². The van der Waals surface area contributed by atoms with Crippen molar-refractivity contribution in [1.29, 1.82) is 0 Å². The average molecular weight is 453 g/mol. The summed E-state index contributed by atoms with van der Waals surface area (Å²) in [5.74, 6) is -0.387. The number of carbonyl (C=O) groups excluding carboxylic acids is 2. The van der Waals surface area contributed by atoms with Crippen molar-refractivity contribution in [2.24, 2.45) is 0 Å². The van der Waals surface area contributed by atoms with Gasteiger partial charge in [0.15, 0.2) is 11.5 Å². The maximum absolute atomic E-state index is 13.5. The lowest BCUT2D eigenvalue weighted by Gasteiger charge is -2.27. The van der Waals surface area contributed by atoms with Crippen LogP contribution in [-0.2, 0) is 17.8 Å².